The van der Waals surface area contributed by atoms with Crippen molar-refractivity contribution in [3.8, 4) is 11.3 Å². The third-order valence-corrected chi connectivity index (χ3v) is 3.04. The number of anilines is 1. The first kappa shape index (κ1) is 12.3. The van der Waals surface area contributed by atoms with Crippen molar-refractivity contribution in [2.24, 2.45) is 0 Å². The van der Waals surface area contributed by atoms with Crippen LogP contribution < -0.4 is 5.73 Å². The van der Waals surface area contributed by atoms with Gasteiger partial charge in [-0.1, -0.05) is 12.1 Å². The lowest BCUT2D eigenvalue weighted by molar-refractivity contribution is 0.624. The Morgan fingerprint density at radius 2 is 1.85 bits per heavy atom. The molecule has 3 rings (SSSR count). The van der Waals surface area contributed by atoms with Gasteiger partial charge in [0.1, 0.15) is 11.6 Å². The average Bonchev–Trinajstić information content (AvgIpc) is 2.89. The molecule has 100 valence electrons. The molecule has 0 radical (unpaired) electrons. The van der Waals surface area contributed by atoms with Crippen LogP contribution in [0.5, 0.6) is 0 Å². The van der Waals surface area contributed by atoms with Crippen LogP contribution in [0.25, 0.3) is 11.3 Å². The highest BCUT2D eigenvalue weighted by Crippen LogP contribution is 2.20. The Labute approximate surface area is 115 Å². The summed E-state index contributed by atoms with van der Waals surface area (Å²) >= 11 is 0. The van der Waals surface area contributed by atoms with Crippen molar-refractivity contribution in [2.45, 2.75) is 6.54 Å². The van der Waals surface area contributed by atoms with Gasteiger partial charge in [0.15, 0.2) is 0 Å². The van der Waals surface area contributed by atoms with E-state index in [1.807, 2.05) is 16.8 Å². The average molecular weight is 268 g/mol. The monoisotopic (exact) mass is 268 g/mol. The summed E-state index contributed by atoms with van der Waals surface area (Å²) in [4.78, 5) is 3.98. The van der Waals surface area contributed by atoms with Gasteiger partial charge in [0, 0.05) is 18.0 Å². The second kappa shape index (κ2) is 5.13. The minimum absolute atomic E-state index is 0.239. The van der Waals surface area contributed by atoms with Crippen molar-refractivity contribution in [2.75, 3.05) is 5.73 Å². The molecule has 2 aromatic heterocycles. The molecular formula is C15H13FN4. The predicted molar refractivity (Wildman–Crippen MR) is 75.4 cm³/mol. The number of rotatable bonds is 3. The van der Waals surface area contributed by atoms with E-state index in [1.165, 1.54) is 12.1 Å². The molecule has 0 fully saturated rings. The quantitative estimate of drug-likeness (QED) is 0.794. The lowest BCUT2D eigenvalue weighted by atomic mass is 10.1. The van der Waals surface area contributed by atoms with Gasteiger partial charge in [0.2, 0.25) is 0 Å². The molecule has 0 saturated heterocycles. The minimum atomic E-state index is -0.239. The summed E-state index contributed by atoms with van der Waals surface area (Å²) in [5.74, 6) is 0.230. The Bertz CT molecular complexity index is 719. The summed E-state index contributed by atoms with van der Waals surface area (Å²) in [7, 11) is 0. The van der Waals surface area contributed by atoms with Crippen LogP contribution in [0.3, 0.4) is 0 Å². The number of hydrogen-bond acceptors (Lipinski definition) is 3. The van der Waals surface area contributed by atoms with Gasteiger partial charge in [0.05, 0.1) is 12.2 Å². The molecular weight excluding hydrogens is 255 g/mol. The van der Waals surface area contributed by atoms with E-state index < -0.39 is 0 Å². The van der Waals surface area contributed by atoms with Crippen LogP contribution in [-0.4, -0.2) is 14.8 Å². The highest BCUT2D eigenvalue weighted by atomic mass is 19.1. The zero-order valence-electron chi connectivity index (χ0n) is 10.7. The van der Waals surface area contributed by atoms with Gasteiger partial charge in [-0.05, 0) is 35.9 Å². The van der Waals surface area contributed by atoms with Crippen LogP contribution in [0.2, 0.25) is 0 Å². The highest BCUT2D eigenvalue weighted by molar-refractivity contribution is 5.62. The number of nitrogen functional groups attached to an aromatic ring is 1. The standard InChI is InChI=1S/C15H13FN4/c16-13-3-1-11(2-4-13)10-20-14(6-8-19-20)12-5-7-18-15(17)9-12/h1-9H,10H2,(H2,17,18). The molecule has 5 heteroatoms. The number of aromatic nitrogens is 3. The third kappa shape index (κ3) is 2.51. The number of nitrogens with zero attached hydrogens (tertiary/aromatic N) is 3. The Morgan fingerprint density at radius 1 is 1.05 bits per heavy atom. The second-order valence-corrected chi connectivity index (χ2v) is 4.47. The molecule has 0 aliphatic heterocycles. The molecule has 0 spiro atoms. The van der Waals surface area contributed by atoms with Crippen molar-refractivity contribution in [3.05, 3.63) is 66.2 Å². The Morgan fingerprint density at radius 3 is 2.60 bits per heavy atom. The van der Waals surface area contributed by atoms with Crippen LogP contribution in [0, 0.1) is 5.82 Å². The molecule has 0 atom stereocenters. The fourth-order valence-electron chi connectivity index (χ4n) is 2.07. The van der Waals surface area contributed by atoms with Gasteiger partial charge in [-0.2, -0.15) is 5.10 Å². The first-order valence-electron chi connectivity index (χ1n) is 6.20. The van der Waals surface area contributed by atoms with Crippen molar-refractivity contribution in [3.63, 3.8) is 0 Å². The van der Waals surface area contributed by atoms with Crippen LogP contribution in [-0.2, 0) is 6.54 Å². The Hall–Kier alpha value is -2.69. The number of halogens is 1. The van der Waals surface area contributed by atoms with Crippen molar-refractivity contribution in [1.82, 2.24) is 14.8 Å². The summed E-state index contributed by atoms with van der Waals surface area (Å²) in [5, 5.41) is 4.30. The summed E-state index contributed by atoms with van der Waals surface area (Å²) in [6, 6.07) is 12.0. The van der Waals surface area contributed by atoms with E-state index in [-0.39, 0.29) is 5.82 Å². The first-order chi connectivity index (χ1) is 9.72. The normalized spacial score (nSPS) is 10.7. The molecule has 0 unspecified atom stereocenters. The maximum absolute atomic E-state index is 12.9. The van der Waals surface area contributed by atoms with Gasteiger partial charge in [-0.15, -0.1) is 0 Å². The summed E-state index contributed by atoms with van der Waals surface area (Å²) < 4.78 is 14.8. The molecule has 2 heterocycles. The molecule has 0 bridgehead atoms. The van der Waals surface area contributed by atoms with Gasteiger partial charge in [0.25, 0.3) is 0 Å². The van der Waals surface area contributed by atoms with E-state index in [2.05, 4.69) is 10.1 Å². The second-order valence-electron chi connectivity index (χ2n) is 4.47. The van der Waals surface area contributed by atoms with Gasteiger partial charge >= 0.3 is 0 Å². The van der Waals surface area contributed by atoms with E-state index in [4.69, 9.17) is 5.73 Å². The van der Waals surface area contributed by atoms with Crippen LogP contribution in [0.1, 0.15) is 5.56 Å². The molecule has 0 aliphatic rings. The Kier molecular flexibility index (Phi) is 3.16. The summed E-state index contributed by atoms with van der Waals surface area (Å²) in [6.07, 6.45) is 3.40. The van der Waals surface area contributed by atoms with Crippen molar-refractivity contribution < 1.29 is 4.39 Å². The Balaban J connectivity index is 1.92. The fraction of sp³-hybridized carbons (Fsp3) is 0.0667. The topological polar surface area (TPSA) is 56.7 Å². The highest BCUT2D eigenvalue weighted by Gasteiger charge is 2.06. The van der Waals surface area contributed by atoms with E-state index in [0.717, 1.165) is 16.8 Å². The van der Waals surface area contributed by atoms with Crippen LogP contribution in [0.4, 0.5) is 10.2 Å². The van der Waals surface area contributed by atoms with Gasteiger partial charge in [-0.25, -0.2) is 9.37 Å². The molecule has 4 nitrogen and oxygen atoms in total. The summed E-state index contributed by atoms with van der Waals surface area (Å²) in [6.45, 7) is 0.574. The number of nitrogens with two attached hydrogens (primary N) is 1. The molecule has 0 amide bonds. The molecule has 0 aliphatic carbocycles. The molecule has 20 heavy (non-hydrogen) atoms. The number of benzene rings is 1. The number of pyridine rings is 1. The van der Waals surface area contributed by atoms with Gasteiger partial charge in [-0.3, -0.25) is 4.68 Å². The number of hydrogen-bond donors (Lipinski definition) is 1. The largest absolute Gasteiger partial charge is 0.384 e. The van der Waals surface area contributed by atoms with E-state index in [1.54, 1.807) is 30.6 Å². The predicted octanol–water partition coefficient (Wildman–Crippen LogP) is 2.71. The van der Waals surface area contributed by atoms with Crippen molar-refractivity contribution in [1.29, 1.82) is 0 Å². The molecule has 2 N–H and O–H groups in total. The van der Waals surface area contributed by atoms with Crippen LogP contribution >= 0.6 is 0 Å². The van der Waals surface area contributed by atoms with Gasteiger partial charge < -0.3 is 5.73 Å². The molecule has 0 saturated carbocycles. The van der Waals surface area contributed by atoms with E-state index in [0.29, 0.717) is 12.4 Å². The summed E-state index contributed by atoms with van der Waals surface area (Å²) in [5.41, 5.74) is 8.59. The zero-order chi connectivity index (χ0) is 13.9. The lowest BCUT2D eigenvalue weighted by Gasteiger charge is -2.08. The fourth-order valence-corrected chi connectivity index (χ4v) is 2.07. The SMILES string of the molecule is Nc1cc(-c2ccnn2Cc2ccc(F)cc2)ccn1. The smallest absolute Gasteiger partial charge is 0.123 e. The maximum atomic E-state index is 12.9. The van der Waals surface area contributed by atoms with E-state index >= 15 is 0 Å². The zero-order valence-corrected chi connectivity index (χ0v) is 10.7. The lowest BCUT2D eigenvalue weighted by Crippen LogP contribution is -2.04. The minimum Gasteiger partial charge on any atom is -0.384 e. The molecule has 3 aromatic rings. The van der Waals surface area contributed by atoms with E-state index in [9.17, 15) is 4.39 Å². The first-order valence-corrected chi connectivity index (χ1v) is 6.20. The van der Waals surface area contributed by atoms with Crippen molar-refractivity contribution >= 4 is 5.82 Å². The third-order valence-electron chi connectivity index (χ3n) is 3.04. The molecule has 1 aromatic carbocycles. The maximum Gasteiger partial charge on any atom is 0.123 e. The van der Waals surface area contributed by atoms with Crippen LogP contribution in [0.15, 0.2) is 54.9 Å².